The third-order valence-corrected chi connectivity index (χ3v) is 2.69. The van der Waals surface area contributed by atoms with Gasteiger partial charge in [-0.3, -0.25) is 4.79 Å². The maximum Gasteiger partial charge on any atom is 0.416 e. The summed E-state index contributed by atoms with van der Waals surface area (Å²) >= 11 is 0. The van der Waals surface area contributed by atoms with Gasteiger partial charge >= 0.3 is 6.18 Å². The Bertz CT molecular complexity index is 432. The predicted molar refractivity (Wildman–Crippen MR) is 66.5 cm³/mol. The molecular weight excluding hydrogens is 257 g/mol. The molecule has 0 aliphatic carbocycles. The van der Waals surface area contributed by atoms with Crippen molar-refractivity contribution in [3.8, 4) is 0 Å². The van der Waals surface area contributed by atoms with Crippen LogP contribution in [0.5, 0.6) is 0 Å². The summed E-state index contributed by atoms with van der Waals surface area (Å²) in [5.74, 6) is -0.105. The van der Waals surface area contributed by atoms with Gasteiger partial charge in [0.15, 0.2) is 0 Å². The van der Waals surface area contributed by atoms with E-state index in [4.69, 9.17) is 0 Å². The molecule has 0 fully saturated rings. The molecule has 0 atom stereocenters. The number of benzene rings is 1. The number of carbonyl (C=O) groups excluding carboxylic acids is 1. The first-order valence-electron chi connectivity index (χ1n) is 5.89. The summed E-state index contributed by atoms with van der Waals surface area (Å²) in [6, 6.07) is 5.02. The fourth-order valence-corrected chi connectivity index (χ4v) is 1.63. The molecule has 1 N–H and O–H groups in total. The number of nitrogens with zero attached hydrogens (tertiary/aromatic N) is 1. The van der Waals surface area contributed by atoms with Gasteiger partial charge in [0.2, 0.25) is 5.91 Å². The van der Waals surface area contributed by atoms with Crippen molar-refractivity contribution in [3.05, 3.63) is 35.4 Å². The second kappa shape index (κ2) is 6.56. The van der Waals surface area contributed by atoms with E-state index in [1.54, 1.807) is 20.2 Å². The minimum atomic E-state index is -4.36. The van der Waals surface area contributed by atoms with Crippen LogP contribution >= 0.6 is 0 Å². The van der Waals surface area contributed by atoms with E-state index in [9.17, 15) is 18.0 Å². The fourth-order valence-electron chi connectivity index (χ4n) is 1.63. The Morgan fingerprint density at radius 2 is 2.05 bits per heavy atom. The minimum absolute atomic E-state index is 0.105. The Morgan fingerprint density at radius 1 is 1.37 bits per heavy atom. The molecule has 1 rings (SSSR count). The van der Waals surface area contributed by atoms with Crippen LogP contribution in [0.1, 0.15) is 17.5 Å². The topological polar surface area (TPSA) is 32.3 Å². The first-order valence-corrected chi connectivity index (χ1v) is 5.89. The van der Waals surface area contributed by atoms with E-state index < -0.39 is 11.7 Å². The molecule has 106 valence electrons. The number of carbonyl (C=O) groups is 1. The number of alkyl halides is 3. The lowest BCUT2D eigenvalue weighted by atomic mass is 10.1. The van der Waals surface area contributed by atoms with Gasteiger partial charge < -0.3 is 10.2 Å². The molecule has 6 heteroatoms. The van der Waals surface area contributed by atoms with Gasteiger partial charge in [-0.2, -0.15) is 13.2 Å². The molecule has 0 spiro atoms. The van der Waals surface area contributed by atoms with Gasteiger partial charge in [0.25, 0.3) is 0 Å². The number of amides is 1. The monoisotopic (exact) mass is 274 g/mol. The molecule has 19 heavy (non-hydrogen) atoms. The molecule has 0 saturated carbocycles. The molecule has 0 bridgehead atoms. The number of hydrogen-bond acceptors (Lipinski definition) is 2. The lowest BCUT2D eigenvalue weighted by Gasteiger charge is -2.18. The van der Waals surface area contributed by atoms with Crippen LogP contribution in [-0.4, -0.2) is 31.4 Å². The number of nitrogens with one attached hydrogen (secondary N) is 1. The summed E-state index contributed by atoms with van der Waals surface area (Å²) in [6.45, 7) is 0.720. The van der Waals surface area contributed by atoms with E-state index in [1.165, 1.54) is 11.0 Å². The molecule has 0 heterocycles. The summed E-state index contributed by atoms with van der Waals surface area (Å²) in [5, 5.41) is 2.85. The number of halogens is 3. The van der Waals surface area contributed by atoms with Crippen LogP contribution in [-0.2, 0) is 17.5 Å². The van der Waals surface area contributed by atoms with Crippen molar-refractivity contribution in [3.63, 3.8) is 0 Å². The highest BCUT2D eigenvalue weighted by atomic mass is 19.4. The highest BCUT2D eigenvalue weighted by Crippen LogP contribution is 2.29. The molecule has 3 nitrogen and oxygen atoms in total. The summed E-state index contributed by atoms with van der Waals surface area (Å²) in [4.78, 5) is 13.1. The second-order valence-corrected chi connectivity index (χ2v) is 4.30. The predicted octanol–water partition coefficient (Wildman–Crippen LogP) is 2.27. The number of rotatable bonds is 5. The van der Waals surface area contributed by atoms with Crippen molar-refractivity contribution in [2.75, 3.05) is 20.6 Å². The zero-order chi connectivity index (χ0) is 14.5. The summed E-state index contributed by atoms with van der Waals surface area (Å²) in [7, 11) is 3.32. The normalized spacial score (nSPS) is 11.4. The van der Waals surface area contributed by atoms with Crippen LogP contribution in [0.2, 0.25) is 0 Å². The lowest BCUT2D eigenvalue weighted by Crippen LogP contribution is -2.28. The summed E-state index contributed by atoms with van der Waals surface area (Å²) in [5.41, 5.74) is -0.226. The van der Waals surface area contributed by atoms with Crippen LogP contribution in [0.15, 0.2) is 24.3 Å². The lowest BCUT2D eigenvalue weighted by molar-refractivity contribution is -0.137. The van der Waals surface area contributed by atoms with E-state index in [2.05, 4.69) is 5.32 Å². The Hall–Kier alpha value is -1.56. The first-order chi connectivity index (χ1) is 8.84. The third kappa shape index (κ3) is 4.90. The van der Waals surface area contributed by atoms with Gasteiger partial charge in [-0.1, -0.05) is 12.1 Å². The quantitative estimate of drug-likeness (QED) is 0.893. The van der Waals surface area contributed by atoms with Crippen molar-refractivity contribution in [2.45, 2.75) is 19.1 Å². The molecule has 0 unspecified atom stereocenters. The van der Waals surface area contributed by atoms with Gasteiger partial charge in [-0.05, 0) is 24.7 Å². The maximum atomic E-state index is 12.5. The van der Waals surface area contributed by atoms with Gasteiger partial charge in [-0.25, -0.2) is 0 Å². The van der Waals surface area contributed by atoms with Crippen molar-refractivity contribution in [1.82, 2.24) is 10.2 Å². The van der Waals surface area contributed by atoms with Gasteiger partial charge in [-0.15, -0.1) is 0 Å². The Balaban J connectivity index is 2.69. The molecule has 0 aromatic heterocycles. The van der Waals surface area contributed by atoms with E-state index in [0.29, 0.717) is 18.5 Å². The molecule has 0 radical (unpaired) electrons. The smallest absolute Gasteiger partial charge is 0.341 e. The standard InChI is InChI=1S/C13H17F3N2O/c1-17-7-6-12(19)18(2)9-10-4-3-5-11(8-10)13(14,15)16/h3-5,8,17H,6-7,9H2,1-2H3. The van der Waals surface area contributed by atoms with Crippen LogP contribution in [0.3, 0.4) is 0 Å². The highest BCUT2D eigenvalue weighted by molar-refractivity contribution is 5.76. The van der Waals surface area contributed by atoms with Gasteiger partial charge in [0.1, 0.15) is 0 Å². The zero-order valence-electron chi connectivity index (χ0n) is 10.9. The Morgan fingerprint density at radius 3 is 2.63 bits per heavy atom. The van der Waals surface area contributed by atoms with Crippen molar-refractivity contribution >= 4 is 5.91 Å². The summed E-state index contributed by atoms with van der Waals surface area (Å²) in [6.07, 6.45) is -4.03. The first kappa shape index (κ1) is 15.5. The molecule has 1 aromatic rings. The highest BCUT2D eigenvalue weighted by Gasteiger charge is 2.30. The minimum Gasteiger partial charge on any atom is -0.341 e. The van der Waals surface area contributed by atoms with Crippen molar-refractivity contribution < 1.29 is 18.0 Å². The van der Waals surface area contributed by atoms with Crippen LogP contribution in [0, 0.1) is 0 Å². The summed E-state index contributed by atoms with van der Waals surface area (Å²) < 4.78 is 37.6. The molecule has 1 amide bonds. The molecule has 0 aliphatic heterocycles. The SMILES string of the molecule is CNCCC(=O)N(C)Cc1cccc(C(F)(F)F)c1. The van der Waals surface area contributed by atoms with E-state index in [0.717, 1.165) is 12.1 Å². The number of hydrogen-bond donors (Lipinski definition) is 1. The molecular formula is C13H17F3N2O. The second-order valence-electron chi connectivity index (χ2n) is 4.30. The average molecular weight is 274 g/mol. The molecule has 1 aromatic carbocycles. The van der Waals surface area contributed by atoms with Crippen molar-refractivity contribution in [1.29, 1.82) is 0 Å². The van der Waals surface area contributed by atoms with E-state index in [-0.39, 0.29) is 12.5 Å². The van der Waals surface area contributed by atoms with Crippen LogP contribution in [0.25, 0.3) is 0 Å². The van der Waals surface area contributed by atoms with E-state index in [1.807, 2.05) is 0 Å². The zero-order valence-corrected chi connectivity index (χ0v) is 10.9. The Kier molecular flexibility index (Phi) is 5.35. The average Bonchev–Trinajstić information content (AvgIpc) is 2.35. The van der Waals surface area contributed by atoms with Gasteiger partial charge in [0, 0.05) is 26.6 Å². The maximum absolute atomic E-state index is 12.5. The van der Waals surface area contributed by atoms with Gasteiger partial charge in [0.05, 0.1) is 5.56 Å². The van der Waals surface area contributed by atoms with Crippen LogP contribution in [0.4, 0.5) is 13.2 Å². The van der Waals surface area contributed by atoms with Crippen molar-refractivity contribution in [2.24, 2.45) is 0 Å². The molecule has 0 aliphatic rings. The molecule has 0 saturated heterocycles. The third-order valence-electron chi connectivity index (χ3n) is 2.69. The van der Waals surface area contributed by atoms with E-state index >= 15 is 0 Å². The van der Waals surface area contributed by atoms with Crippen LogP contribution < -0.4 is 5.32 Å². The Labute approximate surface area is 110 Å². The largest absolute Gasteiger partial charge is 0.416 e. The fraction of sp³-hybridized carbons (Fsp3) is 0.462.